The lowest BCUT2D eigenvalue weighted by Crippen LogP contribution is -2.28. The van der Waals surface area contributed by atoms with Crippen molar-refractivity contribution in [2.24, 2.45) is 5.92 Å². The fourth-order valence-corrected chi connectivity index (χ4v) is 3.55. The molecule has 0 unspecified atom stereocenters. The predicted octanol–water partition coefficient (Wildman–Crippen LogP) is 4.13. The molecular weight excluding hydrogens is 352 g/mol. The van der Waals surface area contributed by atoms with Crippen molar-refractivity contribution >= 4 is 17.5 Å². The van der Waals surface area contributed by atoms with Crippen LogP contribution in [-0.2, 0) is 16.1 Å². The average Bonchev–Trinajstić information content (AvgIpc) is 3.21. The second kappa shape index (κ2) is 9.40. The first-order valence-electron chi connectivity index (χ1n) is 9.88. The summed E-state index contributed by atoms with van der Waals surface area (Å²) < 4.78 is 5.61. The summed E-state index contributed by atoms with van der Waals surface area (Å²) in [4.78, 5) is 24.4. The van der Waals surface area contributed by atoms with Gasteiger partial charge >= 0.3 is 0 Å². The Morgan fingerprint density at radius 2 is 1.86 bits per heavy atom. The summed E-state index contributed by atoms with van der Waals surface area (Å²) >= 11 is 0. The van der Waals surface area contributed by atoms with Crippen LogP contribution in [0.3, 0.4) is 0 Å². The molecule has 5 nitrogen and oxygen atoms in total. The van der Waals surface area contributed by atoms with Crippen molar-refractivity contribution < 1.29 is 14.3 Å². The van der Waals surface area contributed by atoms with Crippen molar-refractivity contribution in [3.63, 3.8) is 0 Å². The molecule has 1 aliphatic carbocycles. The first-order valence-corrected chi connectivity index (χ1v) is 9.88. The molecule has 0 aromatic heterocycles. The first kappa shape index (κ1) is 19.9. The van der Waals surface area contributed by atoms with E-state index in [0.29, 0.717) is 6.54 Å². The quantitative estimate of drug-likeness (QED) is 0.759. The summed E-state index contributed by atoms with van der Waals surface area (Å²) in [5, 5.41) is 5.85. The summed E-state index contributed by atoms with van der Waals surface area (Å²) in [5.74, 6) is 0.768. The number of hydrogen-bond donors (Lipinski definition) is 2. The number of ether oxygens (including phenoxy) is 1. The molecule has 2 aromatic carbocycles. The second-order valence-electron chi connectivity index (χ2n) is 7.51. The third-order valence-electron chi connectivity index (χ3n) is 5.10. The van der Waals surface area contributed by atoms with Gasteiger partial charge in [0, 0.05) is 18.2 Å². The van der Waals surface area contributed by atoms with E-state index in [2.05, 4.69) is 10.6 Å². The smallest absolute Gasteiger partial charge is 0.258 e. The van der Waals surface area contributed by atoms with Gasteiger partial charge in [-0.1, -0.05) is 42.7 Å². The van der Waals surface area contributed by atoms with Gasteiger partial charge in [0.1, 0.15) is 5.75 Å². The number of amides is 2. The molecule has 0 saturated heterocycles. The van der Waals surface area contributed by atoms with E-state index in [1.165, 1.54) is 0 Å². The minimum absolute atomic E-state index is 0.0258. The van der Waals surface area contributed by atoms with Crippen molar-refractivity contribution in [2.45, 2.75) is 46.1 Å². The van der Waals surface area contributed by atoms with Crippen molar-refractivity contribution in [3.8, 4) is 5.75 Å². The fourth-order valence-electron chi connectivity index (χ4n) is 3.55. The van der Waals surface area contributed by atoms with Gasteiger partial charge in [-0.05, 0) is 56.0 Å². The highest BCUT2D eigenvalue weighted by molar-refractivity contribution is 5.92. The highest BCUT2D eigenvalue weighted by atomic mass is 16.5. The molecule has 0 radical (unpaired) electrons. The highest BCUT2D eigenvalue weighted by Crippen LogP contribution is 2.26. The lowest BCUT2D eigenvalue weighted by atomic mass is 10.1. The van der Waals surface area contributed by atoms with Crippen LogP contribution in [0.2, 0.25) is 0 Å². The maximum atomic E-state index is 12.3. The van der Waals surface area contributed by atoms with Crippen molar-refractivity contribution in [1.82, 2.24) is 5.32 Å². The monoisotopic (exact) mass is 380 g/mol. The topological polar surface area (TPSA) is 67.4 Å². The van der Waals surface area contributed by atoms with E-state index in [0.717, 1.165) is 53.8 Å². The van der Waals surface area contributed by atoms with E-state index in [9.17, 15) is 9.59 Å². The normalized spacial score (nSPS) is 13.9. The van der Waals surface area contributed by atoms with Gasteiger partial charge in [-0.25, -0.2) is 0 Å². The molecule has 0 bridgehead atoms. The number of rotatable bonds is 7. The molecular formula is C23H28N2O3. The second-order valence-corrected chi connectivity index (χ2v) is 7.51. The summed E-state index contributed by atoms with van der Waals surface area (Å²) in [6, 6.07) is 13.5. The van der Waals surface area contributed by atoms with Crippen LogP contribution < -0.4 is 15.4 Å². The molecule has 1 aliphatic rings. The fraction of sp³-hybridized carbons (Fsp3) is 0.391. The Balaban J connectivity index is 1.47. The highest BCUT2D eigenvalue weighted by Gasteiger charge is 2.22. The van der Waals surface area contributed by atoms with Crippen LogP contribution in [0.4, 0.5) is 5.69 Å². The van der Waals surface area contributed by atoms with Gasteiger partial charge < -0.3 is 15.4 Å². The molecule has 2 aromatic rings. The van der Waals surface area contributed by atoms with Crippen LogP contribution in [0.5, 0.6) is 5.75 Å². The van der Waals surface area contributed by atoms with Crippen LogP contribution >= 0.6 is 0 Å². The van der Waals surface area contributed by atoms with Crippen molar-refractivity contribution in [2.75, 3.05) is 11.9 Å². The van der Waals surface area contributed by atoms with E-state index in [1.807, 2.05) is 56.3 Å². The molecule has 0 atom stereocenters. The summed E-state index contributed by atoms with van der Waals surface area (Å²) in [7, 11) is 0. The van der Waals surface area contributed by atoms with E-state index < -0.39 is 0 Å². The summed E-state index contributed by atoms with van der Waals surface area (Å²) in [6.45, 7) is 4.35. The number of benzene rings is 2. The molecule has 3 rings (SSSR count). The zero-order chi connectivity index (χ0) is 19.9. The molecule has 2 N–H and O–H groups in total. The van der Waals surface area contributed by atoms with Crippen LogP contribution in [0.25, 0.3) is 0 Å². The zero-order valence-electron chi connectivity index (χ0n) is 16.6. The Morgan fingerprint density at radius 3 is 2.61 bits per heavy atom. The molecule has 2 amide bonds. The predicted molar refractivity (Wildman–Crippen MR) is 110 cm³/mol. The van der Waals surface area contributed by atoms with E-state index in [1.54, 1.807) is 0 Å². The minimum Gasteiger partial charge on any atom is -0.484 e. The molecule has 148 valence electrons. The number of carbonyl (C=O) groups is 2. The summed E-state index contributed by atoms with van der Waals surface area (Å²) in [6.07, 6.45) is 4.22. The van der Waals surface area contributed by atoms with Crippen LogP contribution in [0.15, 0.2) is 42.5 Å². The van der Waals surface area contributed by atoms with Gasteiger partial charge in [0.15, 0.2) is 6.61 Å². The summed E-state index contributed by atoms with van der Waals surface area (Å²) in [5.41, 5.74) is 3.88. The van der Waals surface area contributed by atoms with Crippen LogP contribution in [0.1, 0.15) is 42.4 Å². The lowest BCUT2D eigenvalue weighted by Gasteiger charge is -2.12. The standard InChI is InChI=1S/C23H28N2O3/c1-16-10-11-21(17(2)12-16)28-15-22(26)24-14-18-6-5-9-20(13-18)25-23(27)19-7-3-4-8-19/h5-6,9-13,19H,3-4,7-8,14-15H2,1-2H3,(H,24,26)(H,25,27). The molecule has 0 spiro atoms. The van der Waals surface area contributed by atoms with Gasteiger partial charge in [0.25, 0.3) is 5.91 Å². The maximum absolute atomic E-state index is 12.3. The number of nitrogens with one attached hydrogen (secondary N) is 2. The van der Waals surface area contributed by atoms with E-state index >= 15 is 0 Å². The third kappa shape index (κ3) is 5.59. The van der Waals surface area contributed by atoms with Gasteiger partial charge in [0.2, 0.25) is 5.91 Å². The Kier molecular flexibility index (Phi) is 6.69. The number of anilines is 1. The molecule has 1 saturated carbocycles. The van der Waals surface area contributed by atoms with E-state index in [4.69, 9.17) is 4.74 Å². The lowest BCUT2D eigenvalue weighted by molar-refractivity contribution is -0.123. The van der Waals surface area contributed by atoms with Gasteiger partial charge in [-0.15, -0.1) is 0 Å². The SMILES string of the molecule is Cc1ccc(OCC(=O)NCc2cccc(NC(=O)C3CCCC3)c2)c(C)c1. The molecule has 0 aliphatic heterocycles. The number of aryl methyl sites for hydroxylation is 2. The Labute approximate surface area is 166 Å². The number of carbonyl (C=O) groups excluding carboxylic acids is 2. The zero-order valence-corrected chi connectivity index (χ0v) is 16.6. The Morgan fingerprint density at radius 1 is 1.07 bits per heavy atom. The maximum Gasteiger partial charge on any atom is 0.258 e. The third-order valence-corrected chi connectivity index (χ3v) is 5.10. The Bertz CT molecular complexity index is 841. The van der Waals surface area contributed by atoms with Crippen LogP contribution in [0, 0.1) is 19.8 Å². The molecule has 5 heteroatoms. The molecule has 0 heterocycles. The first-order chi connectivity index (χ1) is 13.5. The van der Waals surface area contributed by atoms with Gasteiger partial charge in [0.05, 0.1) is 0 Å². The average molecular weight is 380 g/mol. The van der Waals surface area contributed by atoms with Gasteiger partial charge in [-0.2, -0.15) is 0 Å². The van der Waals surface area contributed by atoms with E-state index in [-0.39, 0.29) is 24.3 Å². The molecule has 28 heavy (non-hydrogen) atoms. The minimum atomic E-state index is -0.180. The molecule has 1 fully saturated rings. The van der Waals surface area contributed by atoms with Crippen molar-refractivity contribution in [3.05, 3.63) is 59.2 Å². The van der Waals surface area contributed by atoms with Gasteiger partial charge in [-0.3, -0.25) is 9.59 Å². The number of hydrogen-bond acceptors (Lipinski definition) is 3. The van der Waals surface area contributed by atoms with Crippen molar-refractivity contribution in [1.29, 1.82) is 0 Å². The van der Waals surface area contributed by atoms with Crippen LogP contribution in [-0.4, -0.2) is 18.4 Å². The Hall–Kier alpha value is -2.82. The largest absolute Gasteiger partial charge is 0.484 e.